The first-order chi connectivity index (χ1) is 9.03. The summed E-state index contributed by atoms with van der Waals surface area (Å²) in [5.74, 6) is 0.921. The van der Waals surface area contributed by atoms with Gasteiger partial charge in [-0.1, -0.05) is 12.1 Å². The fourth-order valence-corrected chi connectivity index (χ4v) is 4.30. The predicted molar refractivity (Wildman–Crippen MR) is 71.8 cm³/mol. The van der Waals surface area contributed by atoms with Crippen LogP contribution in [0, 0.1) is 5.92 Å². The topological polar surface area (TPSA) is 63.6 Å². The van der Waals surface area contributed by atoms with Crippen molar-refractivity contribution in [2.75, 3.05) is 11.5 Å². The molecular formula is C14H18O4S. The first kappa shape index (κ1) is 12.9. The Hall–Kier alpha value is -1.07. The standard InChI is InChI=1S/C14H18O4S/c15-14(11-7-8-19(16,17)9-11)10-1-3-12(4-2-10)18-13-5-6-13/h1-4,11,13-15H,5-9H2. The minimum Gasteiger partial charge on any atom is -0.490 e. The van der Waals surface area contributed by atoms with Gasteiger partial charge in [0.05, 0.1) is 23.7 Å². The molecule has 1 aliphatic heterocycles. The summed E-state index contributed by atoms with van der Waals surface area (Å²) in [6.07, 6.45) is 2.43. The highest BCUT2D eigenvalue weighted by Crippen LogP contribution is 2.33. The third-order valence-corrected chi connectivity index (χ3v) is 5.56. The first-order valence-electron chi connectivity index (χ1n) is 6.69. The minimum absolute atomic E-state index is 0.0918. The predicted octanol–water partition coefficient (Wildman–Crippen LogP) is 1.70. The Morgan fingerprint density at radius 1 is 1.16 bits per heavy atom. The summed E-state index contributed by atoms with van der Waals surface area (Å²) in [4.78, 5) is 0. The van der Waals surface area contributed by atoms with Crippen LogP contribution in [0.25, 0.3) is 0 Å². The summed E-state index contributed by atoms with van der Waals surface area (Å²) in [5, 5.41) is 10.2. The molecule has 104 valence electrons. The van der Waals surface area contributed by atoms with Crippen LogP contribution in [-0.4, -0.2) is 31.1 Å². The molecule has 1 saturated carbocycles. The van der Waals surface area contributed by atoms with Gasteiger partial charge in [-0.15, -0.1) is 0 Å². The Bertz CT molecular complexity index is 545. The number of ether oxygens (including phenoxy) is 1. The van der Waals surface area contributed by atoms with E-state index in [1.807, 2.05) is 24.3 Å². The molecule has 0 radical (unpaired) electrons. The zero-order valence-electron chi connectivity index (χ0n) is 10.7. The SMILES string of the molecule is O=S1(=O)CCC(C(O)c2ccc(OC3CC3)cc2)C1. The highest BCUT2D eigenvalue weighted by Gasteiger charge is 2.33. The highest BCUT2D eigenvalue weighted by atomic mass is 32.2. The molecule has 1 N–H and O–H groups in total. The van der Waals surface area contributed by atoms with Gasteiger partial charge in [-0.2, -0.15) is 0 Å². The number of benzene rings is 1. The Labute approximate surface area is 113 Å². The van der Waals surface area contributed by atoms with E-state index in [1.54, 1.807) is 0 Å². The third-order valence-electron chi connectivity index (χ3n) is 3.76. The molecule has 0 bridgehead atoms. The maximum Gasteiger partial charge on any atom is 0.150 e. The molecule has 2 atom stereocenters. The van der Waals surface area contributed by atoms with Gasteiger partial charge in [0.1, 0.15) is 5.75 Å². The second-order valence-corrected chi connectivity index (χ2v) is 7.72. The number of rotatable bonds is 4. The van der Waals surface area contributed by atoms with E-state index in [-0.39, 0.29) is 17.4 Å². The second-order valence-electron chi connectivity index (χ2n) is 5.49. The number of aliphatic hydroxyl groups excluding tert-OH is 1. The maximum atomic E-state index is 11.4. The molecule has 1 aromatic rings. The van der Waals surface area contributed by atoms with Gasteiger partial charge in [0.2, 0.25) is 0 Å². The summed E-state index contributed by atoms with van der Waals surface area (Å²) < 4.78 is 28.5. The lowest BCUT2D eigenvalue weighted by Gasteiger charge is -2.17. The van der Waals surface area contributed by atoms with E-state index in [2.05, 4.69) is 0 Å². The van der Waals surface area contributed by atoms with Crippen molar-refractivity contribution in [2.24, 2.45) is 5.92 Å². The third kappa shape index (κ3) is 3.09. The Morgan fingerprint density at radius 2 is 1.84 bits per heavy atom. The molecule has 1 saturated heterocycles. The van der Waals surface area contributed by atoms with Crippen LogP contribution in [0.3, 0.4) is 0 Å². The van der Waals surface area contributed by atoms with Crippen LogP contribution in [-0.2, 0) is 9.84 Å². The van der Waals surface area contributed by atoms with E-state index in [4.69, 9.17) is 4.74 Å². The number of sulfone groups is 1. The lowest BCUT2D eigenvalue weighted by atomic mass is 9.95. The zero-order chi connectivity index (χ0) is 13.5. The first-order valence-corrected chi connectivity index (χ1v) is 8.51. The molecule has 4 nitrogen and oxygen atoms in total. The van der Waals surface area contributed by atoms with Crippen LogP contribution >= 0.6 is 0 Å². The van der Waals surface area contributed by atoms with Gasteiger partial charge < -0.3 is 9.84 Å². The van der Waals surface area contributed by atoms with Crippen LogP contribution in [0.5, 0.6) is 5.75 Å². The van der Waals surface area contributed by atoms with Crippen molar-refractivity contribution in [3.63, 3.8) is 0 Å². The van der Waals surface area contributed by atoms with Crippen molar-refractivity contribution < 1.29 is 18.3 Å². The lowest BCUT2D eigenvalue weighted by molar-refractivity contribution is 0.121. The molecule has 3 rings (SSSR count). The molecule has 19 heavy (non-hydrogen) atoms. The van der Waals surface area contributed by atoms with E-state index in [9.17, 15) is 13.5 Å². The second kappa shape index (κ2) is 4.80. The normalized spacial score (nSPS) is 27.1. The van der Waals surface area contributed by atoms with Gasteiger partial charge in [0, 0.05) is 5.92 Å². The lowest BCUT2D eigenvalue weighted by Crippen LogP contribution is -2.14. The van der Waals surface area contributed by atoms with E-state index >= 15 is 0 Å². The summed E-state index contributed by atoms with van der Waals surface area (Å²) in [6, 6.07) is 7.35. The van der Waals surface area contributed by atoms with Crippen molar-refractivity contribution in [3.8, 4) is 5.75 Å². The number of hydrogen-bond acceptors (Lipinski definition) is 4. The van der Waals surface area contributed by atoms with Crippen LogP contribution < -0.4 is 4.74 Å². The average molecular weight is 282 g/mol. The van der Waals surface area contributed by atoms with Gasteiger partial charge in [-0.05, 0) is 37.0 Å². The molecule has 5 heteroatoms. The van der Waals surface area contributed by atoms with Crippen LogP contribution in [0.15, 0.2) is 24.3 Å². The molecule has 1 aromatic carbocycles. The quantitative estimate of drug-likeness (QED) is 0.913. The summed E-state index contributed by atoms with van der Waals surface area (Å²) in [6.45, 7) is 0. The summed E-state index contributed by atoms with van der Waals surface area (Å²) in [5.41, 5.74) is 0.769. The van der Waals surface area contributed by atoms with Crippen molar-refractivity contribution in [1.29, 1.82) is 0 Å². The Balaban J connectivity index is 1.67. The summed E-state index contributed by atoms with van der Waals surface area (Å²) >= 11 is 0. The van der Waals surface area contributed by atoms with Gasteiger partial charge in [-0.3, -0.25) is 0 Å². The Kier molecular flexibility index (Phi) is 3.27. The fourth-order valence-electron chi connectivity index (χ4n) is 2.47. The van der Waals surface area contributed by atoms with E-state index in [0.717, 1.165) is 24.2 Å². The largest absolute Gasteiger partial charge is 0.490 e. The molecule has 1 aliphatic carbocycles. The van der Waals surface area contributed by atoms with Crippen LogP contribution in [0.2, 0.25) is 0 Å². The summed E-state index contributed by atoms with van der Waals surface area (Å²) in [7, 11) is -2.95. The molecular weight excluding hydrogens is 264 g/mol. The monoisotopic (exact) mass is 282 g/mol. The highest BCUT2D eigenvalue weighted by molar-refractivity contribution is 7.91. The average Bonchev–Trinajstić information content (AvgIpc) is 3.11. The van der Waals surface area contributed by atoms with Gasteiger partial charge in [0.15, 0.2) is 9.84 Å². The maximum absolute atomic E-state index is 11.4. The number of aliphatic hydroxyl groups is 1. The van der Waals surface area contributed by atoms with Gasteiger partial charge in [0.25, 0.3) is 0 Å². The zero-order valence-corrected chi connectivity index (χ0v) is 11.5. The van der Waals surface area contributed by atoms with Crippen molar-refractivity contribution in [1.82, 2.24) is 0 Å². The molecule has 0 spiro atoms. The van der Waals surface area contributed by atoms with Crippen LogP contribution in [0.1, 0.15) is 30.9 Å². The van der Waals surface area contributed by atoms with Crippen molar-refractivity contribution in [3.05, 3.63) is 29.8 Å². The van der Waals surface area contributed by atoms with Crippen molar-refractivity contribution in [2.45, 2.75) is 31.5 Å². The number of hydrogen-bond donors (Lipinski definition) is 1. The molecule has 1 heterocycles. The van der Waals surface area contributed by atoms with E-state index in [1.165, 1.54) is 0 Å². The van der Waals surface area contributed by atoms with Crippen molar-refractivity contribution >= 4 is 9.84 Å². The van der Waals surface area contributed by atoms with Crippen LogP contribution in [0.4, 0.5) is 0 Å². The van der Waals surface area contributed by atoms with Gasteiger partial charge >= 0.3 is 0 Å². The van der Waals surface area contributed by atoms with E-state index in [0.29, 0.717) is 12.5 Å². The molecule has 0 amide bonds. The Morgan fingerprint density at radius 3 is 2.37 bits per heavy atom. The van der Waals surface area contributed by atoms with Gasteiger partial charge in [-0.25, -0.2) is 8.42 Å². The molecule has 0 aromatic heterocycles. The molecule has 2 aliphatic rings. The van der Waals surface area contributed by atoms with E-state index < -0.39 is 15.9 Å². The fraction of sp³-hybridized carbons (Fsp3) is 0.571. The molecule has 2 unspecified atom stereocenters. The minimum atomic E-state index is -2.95. The smallest absolute Gasteiger partial charge is 0.150 e. The molecule has 2 fully saturated rings.